The van der Waals surface area contributed by atoms with Crippen molar-refractivity contribution in [3.8, 4) is 5.75 Å². The van der Waals surface area contributed by atoms with E-state index in [4.69, 9.17) is 4.74 Å². The molecule has 0 spiro atoms. The number of nitrogens with one attached hydrogen (secondary N) is 2. The number of amides is 2. The van der Waals surface area contributed by atoms with Gasteiger partial charge in [0.15, 0.2) is 0 Å². The van der Waals surface area contributed by atoms with Crippen LogP contribution >= 0.6 is 0 Å². The summed E-state index contributed by atoms with van der Waals surface area (Å²) in [7, 11) is 0. The van der Waals surface area contributed by atoms with Crippen LogP contribution in [-0.2, 0) is 11.4 Å². The molecular weight excluding hydrogens is 332 g/mol. The molecule has 2 N–H and O–H groups in total. The van der Waals surface area contributed by atoms with Crippen LogP contribution < -0.4 is 15.4 Å². The molecule has 3 aromatic rings. The van der Waals surface area contributed by atoms with E-state index < -0.39 is 0 Å². The molecule has 26 heavy (non-hydrogen) atoms. The molecule has 2 amide bonds. The first kappa shape index (κ1) is 17.5. The average molecular weight is 352 g/mol. The van der Waals surface area contributed by atoms with Gasteiger partial charge in [0.1, 0.15) is 18.0 Å². The number of likely N-dealkylation sites (N-methyl/N-ethyl adjacent to an activating group) is 1. The van der Waals surface area contributed by atoms with E-state index in [0.29, 0.717) is 24.5 Å². The third-order valence-corrected chi connectivity index (χ3v) is 3.68. The molecule has 2 heterocycles. The van der Waals surface area contributed by atoms with E-state index in [-0.39, 0.29) is 18.4 Å². The molecule has 1 aromatic carbocycles. The van der Waals surface area contributed by atoms with Gasteiger partial charge in [-0.25, -0.2) is 4.98 Å². The van der Waals surface area contributed by atoms with E-state index in [1.165, 1.54) is 0 Å². The fourth-order valence-corrected chi connectivity index (χ4v) is 2.46. The van der Waals surface area contributed by atoms with Crippen LogP contribution in [0.4, 0.5) is 0 Å². The van der Waals surface area contributed by atoms with E-state index in [9.17, 15) is 9.59 Å². The highest BCUT2D eigenvalue weighted by molar-refractivity contribution is 5.96. The van der Waals surface area contributed by atoms with Crippen molar-refractivity contribution in [3.63, 3.8) is 0 Å². The van der Waals surface area contributed by atoms with Crippen molar-refractivity contribution >= 4 is 17.5 Å². The smallest absolute Gasteiger partial charge is 0.251 e. The minimum atomic E-state index is -0.325. The number of rotatable bonds is 7. The molecule has 2 aromatic heterocycles. The maximum Gasteiger partial charge on any atom is 0.251 e. The van der Waals surface area contributed by atoms with Crippen LogP contribution in [-0.4, -0.2) is 34.3 Å². The lowest BCUT2D eigenvalue weighted by Crippen LogP contribution is -2.36. The van der Waals surface area contributed by atoms with Crippen molar-refractivity contribution in [2.24, 2.45) is 0 Å². The number of nitrogens with zero attached hydrogens (tertiary/aromatic N) is 2. The fourth-order valence-electron chi connectivity index (χ4n) is 2.46. The van der Waals surface area contributed by atoms with Crippen molar-refractivity contribution in [3.05, 3.63) is 66.1 Å². The van der Waals surface area contributed by atoms with Gasteiger partial charge in [-0.2, -0.15) is 0 Å². The lowest BCUT2D eigenvalue weighted by molar-refractivity contribution is -0.120. The summed E-state index contributed by atoms with van der Waals surface area (Å²) >= 11 is 0. The van der Waals surface area contributed by atoms with Gasteiger partial charge >= 0.3 is 0 Å². The maximum absolute atomic E-state index is 12.1. The summed E-state index contributed by atoms with van der Waals surface area (Å²) in [6, 6.07) is 12.6. The van der Waals surface area contributed by atoms with E-state index in [1.807, 2.05) is 41.9 Å². The maximum atomic E-state index is 12.1. The number of fused-ring (bicyclic) bond motifs is 1. The van der Waals surface area contributed by atoms with Gasteiger partial charge in [-0.15, -0.1) is 0 Å². The topological polar surface area (TPSA) is 84.7 Å². The van der Waals surface area contributed by atoms with Gasteiger partial charge in [0.05, 0.1) is 12.2 Å². The Morgan fingerprint density at radius 2 is 2.04 bits per heavy atom. The monoisotopic (exact) mass is 352 g/mol. The molecule has 0 saturated carbocycles. The van der Waals surface area contributed by atoms with Crippen LogP contribution in [0.1, 0.15) is 23.0 Å². The largest absolute Gasteiger partial charge is 0.487 e. The molecule has 7 nitrogen and oxygen atoms in total. The van der Waals surface area contributed by atoms with Crippen LogP contribution in [0.15, 0.2) is 54.9 Å². The summed E-state index contributed by atoms with van der Waals surface area (Å²) in [4.78, 5) is 28.0. The third-order valence-electron chi connectivity index (χ3n) is 3.68. The van der Waals surface area contributed by atoms with Crippen molar-refractivity contribution in [2.45, 2.75) is 13.5 Å². The summed E-state index contributed by atoms with van der Waals surface area (Å²) in [5.41, 5.74) is 2.08. The number of aromatic nitrogens is 2. The van der Waals surface area contributed by atoms with Crippen molar-refractivity contribution in [1.29, 1.82) is 0 Å². The number of pyridine rings is 1. The number of ether oxygens (including phenoxy) is 1. The summed E-state index contributed by atoms with van der Waals surface area (Å²) in [5, 5.41) is 5.21. The second-order valence-corrected chi connectivity index (χ2v) is 5.65. The first-order chi connectivity index (χ1) is 12.7. The summed E-state index contributed by atoms with van der Waals surface area (Å²) in [5.74, 6) is 0.0160. The van der Waals surface area contributed by atoms with Gasteiger partial charge in [-0.05, 0) is 37.3 Å². The van der Waals surface area contributed by atoms with Gasteiger partial charge in [-0.1, -0.05) is 12.1 Å². The van der Waals surface area contributed by atoms with E-state index in [1.54, 1.807) is 24.3 Å². The molecule has 0 radical (unpaired) electrons. The molecule has 0 saturated heterocycles. The Kier molecular flexibility index (Phi) is 5.48. The first-order valence-corrected chi connectivity index (χ1v) is 8.36. The molecule has 0 aliphatic carbocycles. The zero-order valence-electron chi connectivity index (χ0n) is 14.4. The number of hydrogen-bond acceptors (Lipinski definition) is 4. The quantitative estimate of drug-likeness (QED) is 0.679. The Bertz CT molecular complexity index is 887. The summed E-state index contributed by atoms with van der Waals surface area (Å²) in [6.07, 6.45) is 3.82. The van der Waals surface area contributed by atoms with E-state index in [2.05, 4.69) is 15.6 Å². The number of imidazole rings is 1. The standard InChI is InChI=1S/C19H20N4O3/c1-2-20-18(24)11-21-19(25)14-6-5-7-16(10-14)26-13-15-12-23-9-4-3-8-17(23)22-15/h3-10,12H,2,11,13H2,1H3,(H,20,24)(H,21,25). The lowest BCUT2D eigenvalue weighted by atomic mass is 10.2. The van der Waals surface area contributed by atoms with Crippen LogP contribution in [0.3, 0.4) is 0 Å². The number of carbonyl (C=O) groups is 2. The van der Waals surface area contributed by atoms with Crippen molar-refractivity contribution in [1.82, 2.24) is 20.0 Å². The van der Waals surface area contributed by atoms with Gasteiger partial charge in [0.2, 0.25) is 5.91 Å². The molecule has 134 valence electrons. The number of carbonyl (C=O) groups excluding carboxylic acids is 2. The lowest BCUT2D eigenvalue weighted by Gasteiger charge is -2.08. The highest BCUT2D eigenvalue weighted by Gasteiger charge is 2.09. The van der Waals surface area contributed by atoms with Gasteiger partial charge in [-0.3, -0.25) is 9.59 Å². The van der Waals surface area contributed by atoms with E-state index in [0.717, 1.165) is 11.3 Å². The molecule has 0 unspecified atom stereocenters. The molecule has 7 heteroatoms. The predicted molar refractivity (Wildman–Crippen MR) is 97.0 cm³/mol. The van der Waals surface area contributed by atoms with Crippen LogP contribution in [0.2, 0.25) is 0 Å². The predicted octanol–water partition coefficient (Wildman–Crippen LogP) is 1.78. The van der Waals surface area contributed by atoms with Gasteiger partial charge in [0, 0.05) is 24.5 Å². The van der Waals surface area contributed by atoms with Gasteiger partial charge in [0.25, 0.3) is 5.91 Å². The summed E-state index contributed by atoms with van der Waals surface area (Å²) < 4.78 is 7.66. The second-order valence-electron chi connectivity index (χ2n) is 5.65. The third kappa shape index (κ3) is 4.38. The molecule has 0 atom stereocenters. The zero-order chi connectivity index (χ0) is 18.4. The minimum Gasteiger partial charge on any atom is -0.487 e. The minimum absolute atomic E-state index is 0.0565. The Morgan fingerprint density at radius 1 is 1.15 bits per heavy atom. The highest BCUT2D eigenvalue weighted by atomic mass is 16.5. The molecule has 0 bridgehead atoms. The van der Waals surface area contributed by atoms with E-state index >= 15 is 0 Å². The zero-order valence-corrected chi connectivity index (χ0v) is 14.4. The van der Waals surface area contributed by atoms with Crippen LogP contribution in [0.5, 0.6) is 5.75 Å². The molecule has 0 aliphatic rings. The van der Waals surface area contributed by atoms with Crippen LogP contribution in [0, 0.1) is 0 Å². The van der Waals surface area contributed by atoms with Gasteiger partial charge < -0.3 is 19.8 Å². The Labute approximate surface area is 151 Å². The summed E-state index contributed by atoms with van der Waals surface area (Å²) in [6.45, 7) is 2.59. The molecule has 3 rings (SSSR count). The number of hydrogen-bond donors (Lipinski definition) is 2. The first-order valence-electron chi connectivity index (χ1n) is 8.36. The molecule has 0 fully saturated rings. The van der Waals surface area contributed by atoms with Crippen molar-refractivity contribution < 1.29 is 14.3 Å². The van der Waals surface area contributed by atoms with Crippen molar-refractivity contribution in [2.75, 3.05) is 13.1 Å². The Hall–Kier alpha value is -3.35. The average Bonchev–Trinajstić information content (AvgIpc) is 3.08. The Balaban J connectivity index is 1.59. The molecule has 0 aliphatic heterocycles. The van der Waals surface area contributed by atoms with Crippen LogP contribution in [0.25, 0.3) is 5.65 Å². The highest BCUT2D eigenvalue weighted by Crippen LogP contribution is 2.15. The normalized spacial score (nSPS) is 10.5. The Morgan fingerprint density at radius 3 is 2.85 bits per heavy atom. The second kappa shape index (κ2) is 8.15. The SMILES string of the molecule is CCNC(=O)CNC(=O)c1cccc(OCc2cn3ccccc3n2)c1. The molecular formula is C19H20N4O3. The number of benzene rings is 1. The fraction of sp³-hybridized carbons (Fsp3) is 0.211.